The van der Waals surface area contributed by atoms with Crippen LogP contribution < -0.4 is 19.5 Å². The highest BCUT2D eigenvalue weighted by Gasteiger charge is 2.41. The van der Waals surface area contributed by atoms with E-state index < -0.39 is 0 Å². The Kier molecular flexibility index (Phi) is 5.37. The van der Waals surface area contributed by atoms with E-state index in [9.17, 15) is 4.79 Å². The van der Waals surface area contributed by atoms with Crippen LogP contribution in [0.1, 0.15) is 48.9 Å². The van der Waals surface area contributed by atoms with Crippen LogP contribution in [0.2, 0.25) is 0 Å². The van der Waals surface area contributed by atoms with Crippen molar-refractivity contribution in [3.8, 4) is 17.2 Å². The van der Waals surface area contributed by atoms with E-state index >= 15 is 0 Å². The molecule has 1 heterocycles. The second-order valence-electron chi connectivity index (χ2n) is 6.84. The van der Waals surface area contributed by atoms with Crippen molar-refractivity contribution in [2.75, 3.05) is 27.9 Å². The molecule has 1 saturated carbocycles. The summed E-state index contributed by atoms with van der Waals surface area (Å²) in [7, 11) is 4.63. The van der Waals surface area contributed by atoms with Gasteiger partial charge >= 0.3 is 0 Å². The Bertz CT molecular complexity index is 624. The van der Waals surface area contributed by atoms with E-state index in [2.05, 4.69) is 5.32 Å². The molecular weight excluding hydrogens is 322 g/mol. The molecule has 1 amide bonds. The highest BCUT2D eigenvalue weighted by molar-refractivity contribution is 5.98. The van der Waals surface area contributed by atoms with Gasteiger partial charge in [-0.2, -0.15) is 0 Å². The number of methoxy groups -OCH3 is 3. The molecule has 1 aromatic rings. The minimum absolute atomic E-state index is 0.0299. The largest absolute Gasteiger partial charge is 0.496 e. The quantitative estimate of drug-likeness (QED) is 0.885. The minimum atomic E-state index is -0.181. The second-order valence-corrected chi connectivity index (χ2v) is 6.84. The lowest BCUT2D eigenvalue weighted by atomic mass is 9.82. The van der Waals surface area contributed by atoms with Gasteiger partial charge in [0.05, 0.1) is 45.1 Å². The zero-order valence-corrected chi connectivity index (χ0v) is 15.2. The first-order valence-corrected chi connectivity index (χ1v) is 8.85. The number of carbonyl (C=O) groups is 1. The molecule has 1 saturated heterocycles. The van der Waals surface area contributed by atoms with Crippen molar-refractivity contribution in [1.29, 1.82) is 0 Å². The predicted molar refractivity (Wildman–Crippen MR) is 93.7 cm³/mol. The molecule has 1 spiro atoms. The van der Waals surface area contributed by atoms with Crippen molar-refractivity contribution in [1.82, 2.24) is 5.32 Å². The molecular formula is C19H27NO5. The summed E-state index contributed by atoms with van der Waals surface area (Å²) in [6.45, 7) is 0.571. The Morgan fingerprint density at radius 2 is 1.68 bits per heavy atom. The molecule has 138 valence electrons. The van der Waals surface area contributed by atoms with E-state index in [1.54, 1.807) is 26.4 Å². The van der Waals surface area contributed by atoms with Crippen LogP contribution in [0.15, 0.2) is 12.1 Å². The van der Waals surface area contributed by atoms with Crippen LogP contribution in [0.25, 0.3) is 0 Å². The van der Waals surface area contributed by atoms with E-state index in [4.69, 9.17) is 18.9 Å². The van der Waals surface area contributed by atoms with Gasteiger partial charge in [0, 0.05) is 12.1 Å². The average molecular weight is 349 g/mol. The fourth-order valence-electron chi connectivity index (χ4n) is 3.95. The molecule has 0 aromatic heterocycles. The standard InChI is InChI=1S/C19H27NO5/c1-22-15-10-17(24-3)16(23-2)9-14(15)18(21)20-13-11-19(25-12-13)7-5-4-6-8-19/h9-10,13H,4-8,11-12H2,1-3H3,(H,20,21)/t13-/m1/s1. The van der Waals surface area contributed by atoms with Crippen LogP contribution in [0, 0.1) is 0 Å². The van der Waals surface area contributed by atoms with Gasteiger partial charge in [-0.05, 0) is 19.3 Å². The maximum absolute atomic E-state index is 12.8. The summed E-state index contributed by atoms with van der Waals surface area (Å²) in [6.07, 6.45) is 6.78. The molecule has 1 aliphatic heterocycles. The van der Waals surface area contributed by atoms with Crippen molar-refractivity contribution in [3.63, 3.8) is 0 Å². The average Bonchev–Trinajstić information content (AvgIpc) is 3.02. The molecule has 1 N–H and O–H groups in total. The summed E-state index contributed by atoms with van der Waals surface area (Å²) in [5, 5.41) is 3.09. The number of carbonyl (C=O) groups excluding carboxylic acids is 1. The van der Waals surface area contributed by atoms with Gasteiger partial charge < -0.3 is 24.3 Å². The number of rotatable bonds is 5. The fraction of sp³-hybridized carbons (Fsp3) is 0.632. The van der Waals surface area contributed by atoms with Gasteiger partial charge in [0.1, 0.15) is 5.75 Å². The first kappa shape index (κ1) is 17.9. The molecule has 3 rings (SSSR count). The smallest absolute Gasteiger partial charge is 0.255 e. The zero-order chi connectivity index (χ0) is 17.9. The van der Waals surface area contributed by atoms with Crippen LogP contribution in [-0.4, -0.2) is 45.5 Å². The second kappa shape index (κ2) is 7.52. The van der Waals surface area contributed by atoms with Gasteiger partial charge in [-0.3, -0.25) is 4.79 Å². The molecule has 1 aromatic carbocycles. The van der Waals surface area contributed by atoms with Gasteiger partial charge in [-0.1, -0.05) is 19.3 Å². The Morgan fingerprint density at radius 1 is 1.04 bits per heavy atom. The molecule has 25 heavy (non-hydrogen) atoms. The summed E-state index contributed by atoms with van der Waals surface area (Å²) < 4.78 is 22.0. The van der Waals surface area contributed by atoms with E-state index in [0.29, 0.717) is 29.4 Å². The third kappa shape index (κ3) is 3.68. The number of hydrogen-bond acceptors (Lipinski definition) is 5. The molecule has 6 heteroatoms. The van der Waals surface area contributed by atoms with Crippen LogP contribution >= 0.6 is 0 Å². The normalized spacial score (nSPS) is 21.8. The first-order valence-electron chi connectivity index (χ1n) is 8.85. The molecule has 2 aliphatic rings. The lowest BCUT2D eigenvalue weighted by Crippen LogP contribution is -2.37. The molecule has 1 aliphatic carbocycles. The number of ether oxygens (including phenoxy) is 4. The van der Waals surface area contributed by atoms with E-state index in [1.165, 1.54) is 26.4 Å². The summed E-state index contributed by atoms with van der Waals surface area (Å²) >= 11 is 0. The Labute approximate surface area is 148 Å². The summed E-state index contributed by atoms with van der Waals surface area (Å²) in [5.74, 6) is 1.31. The molecule has 2 fully saturated rings. The molecule has 0 radical (unpaired) electrons. The van der Waals surface area contributed by atoms with E-state index in [0.717, 1.165) is 19.3 Å². The topological polar surface area (TPSA) is 66.0 Å². The minimum Gasteiger partial charge on any atom is -0.496 e. The third-order valence-corrected chi connectivity index (χ3v) is 5.26. The summed E-state index contributed by atoms with van der Waals surface area (Å²) in [4.78, 5) is 12.8. The molecule has 1 atom stereocenters. The highest BCUT2D eigenvalue weighted by atomic mass is 16.5. The van der Waals surface area contributed by atoms with Gasteiger partial charge in [-0.25, -0.2) is 0 Å². The van der Waals surface area contributed by atoms with Crippen LogP contribution in [0.4, 0.5) is 0 Å². The lowest BCUT2D eigenvalue weighted by molar-refractivity contribution is -0.0246. The van der Waals surface area contributed by atoms with E-state index in [-0.39, 0.29) is 17.6 Å². The summed E-state index contributed by atoms with van der Waals surface area (Å²) in [5.41, 5.74) is 0.405. The lowest BCUT2D eigenvalue weighted by Gasteiger charge is -2.32. The van der Waals surface area contributed by atoms with Gasteiger partial charge in [0.25, 0.3) is 5.91 Å². The highest BCUT2D eigenvalue weighted by Crippen LogP contribution is 2.40. The molecule has 0 bridgehead atoms. The molecule has 0 unspecified atom stereocenters. The van der Waals surface area contributed by atoms with E-state index in [1.807, 2.05) is 0 Å². The predicted octanol–water partition coefficient (Wildman–Crippen LogP) is 2.93. The van der Waals surface area contributed by atoms with Crippen molar-refractivity contribution < 1.29 is 23.7 Å². The fourth-order valence-corrected chi connectivity index (χ4v) is 3.95. The Balaban J connectivity index is 1.73. The van der Waals surface area contributed by atoms with Crippen molar-refractivity contribution in [2.24, 2.45) is 0 Å². The van der Waals surface area contributed by atoms with Gasteiger partial charge in [0.2, 0.25) is 0 Å². The zero-order valence-electron chi connectivity index (χ0n) is 15.2. The maximum Gasteiger partial charge on any atom is 0.255 e. The number of amides is 1. The van der Waals surface area contributed by atoms with Crippen LogP contribution in [0.3, 0.4) is 0 Å². The maximum atomic E-state index is 12.8. The monoisotopic (exact) mass is 349 g/mol. The number of hydrogen-bond donors (Lipinski definition) is 1. The Morgan fingerprint density at radius 3 is 2.32 bits per heavy atom. The van der Waals surface area contributed by atoms with Crippen LogP contribution in [0.5, 0.6) is 17.2 Å². The van der Waals surface area contributed by atoms with Crippen LogP contribution in [-0.2, 0) is 4.74 Å². The van der Waals surface area contributed by atoms with Gasteiger partial charge in [-0.15, -0.1) is 0 Å². The van der Waals surface area contributed by atoms with Crippen molar-refractivity contribution in [2.45, 2.75) is 50.2 Å². The SMILES string of the molecule is COc1cc(OC)c(C(=O)N[C@H]2COC3(CCCCC3)C2)cc1OC. The Hall–Kier alpha value is -1.95. The van der Waals surface area contributed by atoms with Gasteiger partial charge in [0.15, 0.2) is 11.5 Å². The number of benzene rings is 1. The molecule has 6 nitrogen and oxygen atoms in total. The van der Waals surface area contributed by atoms with Crippen molar-refractivity contribution in [3.05, 3.63) is 17.7 Å². The third-order valence-electron chi connectivity index (χ3n) is 5.26. The first-order chi connectivity index (χ1) is 12.1. The van der Waals surface area contributed by atoms with Crippen molar-refractivity contribution >= 4 is 5.91 Å². The summed E-state index contributed by atoms with van der Waals surface area (Å²) in [6, 6.07) is 3.35. The number of nitrogens with one attached hydrogen (secondary N) is 1.